The van der Waals surface area contributed by atoms with Gasteiger partial charge in [-0.15, -0.1) is 0 Å². The van der Waals surface area contributed by atoms with Crippen molar-refractivity contribution in [2.75, 3.05) is 49.9 Å². The first-order valence-electron chi connectivity index (χ1n) is 12.2. The van der Waals surface area contributed by atoms with Crippen molar-refractivity contribution in [2.45, 2.75) is 51.7 Å². The number of nitrogens with zero attached hydrogens (tertiary/aromatic N) is 5. The van der Waals surface area contributed by atoms with E-state index in [1.54, 1.807) is 29.1 Å². The van der Waals surface area contributed by atoms with Gasteiger partial charge in [-0.05, 0) is 70.1 Å². The molecular formula is C24H32F3N5O3S2. The van der Waals surface area contributed by atoms with Gasteiger partial charge in [-0.2, -0.15) is 22.7 Å². The lowest BCUT2D eigenvalue weighted by atomic mass is 10.0. The summed E-state index contributed by atoms with van der Waals surface area (Å²) in [5, 5.41) is 9.18. The van der Waals surface area contributed by atoms with Gasteiger partial charge in [0.15, 0.2) is 5.11 Å². The highest BCUT2D eigenvalue weighted by Gasteiger charge is 2.49. The number of nitriles is 1. The van der Waals surface area contributed by atoms with Crippen LogP contribution in [-0.4, -0.2) is 84.1 Å². The molecular weight excluding hydrogens is 527 g/mol. The highest BCUT2D eigenvalue weighted by atomic mass is 32.2. The molecule has 2 saturated heterocycles. The minimum absolute atomic E-state index is 0.0206. The molecule has 2 fully saturated rings. The number of carbonyl (C=O) groups excluding carboxylic acids is 1. The quantitative estimate of drug-likeness (QED) is 0.338. The molecule has 1 amide bonds. The fourth-order valence-electron chi connectivity index (χ4n) is 4.67. The average molecular weight is 560 g/mol. The summed E-state index contributed by atoms with van der Waals surface area (Å²) in [5.41, 5.74) is -2.69. The summed E-state index contributed by atoms with van der Waals surface area (Å²) < 4.78 is 66.4. The summed E-state index contributed by atoms with van der Waals surface area (Å²) in [4.78, 5) is 18.2. The summed E-state index contributed by atoms with van der Waals surface area (Å²) in [7, 11) is -3.19. The van der Waals surface area contributed by atoms with Gasteiger partial charge in [0.2, 0.25) is 10.0 Å². The van der Waals surface area contributed by atoms with Gasteiger partial charge in [0, 0.05) is 32.7 Å². The molecule has 3 rings (SSSR count). The number of halogens is 3. The van der Waals surface area contributed by atoms with Gasteiger partial charge < -0.3 is 9.80 Å². The van der Waals surface area contributed by atoms with Crippen molar-refractivity contribution in [3.8, 4) is 6.07 Å². The van der Waals surface area contributed by atoms with E-state index in [2.05, 4.69) is 4.90 Å². The number of rotatable bonds is 9. The lowest BCUT2D eigenvalue weighted by Crippen LogP contribution is -2.49. The molecule has 37 heavy (non-hydrogen) atoms. The standard InChI is InChI=1S/C24H32F3N5O3S2/c1-4-15-37(34,35)30-13-11-29(12-14-30)9-5-6-10-31-22(36)32(21(33)23(31,2)3)19-8-7-18(17-28)20(16-19)24(25,26)27/h7-8,16H,4-6,9-15H2,1-3H3. The Hall–Kier alpha value is -2.27. The average Bonchev–Trinajstić information content (AvgIpc) is 2.99. The number of unbranched alkanes of at least 4 members (excludes halogenated alkanes) is 1. The van der Waals surface area contributed by atoms with E-state index in [9.17, 15) is 26.4 Å². The van der Waals surface area contributed by atoms with Crippen molar-refractivity contribution >= 4 is 38.9 Å². The number of amides is 1. The number of piperazine rings is 1. The fourth-order valence-corrected chi connectivity index (χ4v) is 6.67. The zero-order valence-electron chi connectivity index (χ0n) is 21.2. The number of hydrogen-bond donors (Lipinski definition) is 0. The molecule has 0 saturated carbocycles. The van der Waals surface area contributed by atoms with Crippen LogP contribution in [0.4, 0.5) is 18.9 Å². The Bertz CT molecular complexity index is 1170. The lowest BCUT2D eigenvalue weighted by Gasteiger charge is -2.34. The zero-order chi connectivity index (χ0) is 27.6. The molecule has 0 spiro atoms. The maximum atomic E-state index is 13.5. The molecule has 1 aromatic carbocycles. The van der Waals surface area contributed by atoms with Crippen molar-refractivity contribution < 1.29 is 26.4 Å². The molecule has 0 radical (unpaired) electrons. The van der Waals surface area contributed by atoms with E-state index >= 15 is 0 Å². The predicted molar refractivity (Wildman–Crippen MR) is 138 cm³/mol. The molecule has 8 nitrogen and oxygen atoms in total. The molecule has 2 aliphatic heterocycles. The van der Waals surface area contributed by atoms with E-state index in [-0.39, 0.29) is 16.6 Å². The van der Waals surface area contributed by atoms with Crippen LogP contribution in [0.3, 0.4) is 0 Å². The first kappa shape index (κ1) is 29.3. The lowest BCUT2D eigenvalue weighted by molar-refractivity contribution is -0.137. The van der Waals surface area contributed by atoms with Crippen LogP contribution in [0.5, 0.6) is 0 Å². The van der Waals surface area contributed by atoms with Crippen LogP contribution in [0.15, 0.2) is 18.2 Å². The third-order valence-electron chi connectivity index (χ3n) is 6.80. The van der Waals surface area contributed by atoms with Crippen LogP contribution in [-0.2, 0) is 21.0 Å². The van der Waals surface area contributed by atoms with Crippen molar-refractivity contribution in [2.24, 2.45) is 0 Å². The molecule has 0 atom stereocenters. The third-order valence-corrected chi connectivity index (χ3v) is 9.28. The molecule has 204 valence electrons. The van der Waals surface area contributed by atoms with E-state index in [4.69, 9.17) is 17.5 Å². The summed E-state index contributed by atoms with van der Waals surface area (Å²) in [6.45, 7) is 8.69. The Morgan fingerprint density at radius 3 is 2.30 bits per heavy atom. The van der Waals surface area contributed by atoms with Crippen LogP contribution in [0.2, 0.25) is 0 Å². The molecule has 0 N–H and O–H groups in total. The maximum absolute atomic E-state index is 13.5. The molecule has 1 aromatic rings. The summed E-state index contributed by atoms with van der Waals surface area (Å²) in [6.07, 6.45) is -2.67. The van der Waals surface area contributed by atoms with Gasteiger partial charge in [-0.3, -0.25) is 9.69 Å². The number of sulfonamides is 1. The Morgan fingerprint density at radius 2 is 1.73 bits per heavy atom. The number of anilines is 1. The Labute approximate surface area is 221 Å². The minimum Gasteiger partial charge on any atom is -0.334 e. The maximum Gasteiger partial charge on any atom is 0.417 e. The van der Waals surface area contributed by atoms with E-state index in [1.165, 1.54) is 6.07 Å². The summed E-state index contributed by atoms with van der Waals surface area (Å²) >= 11 is 5.52. The fraction of sp³-hybridized carbons (Fsp3) is 0.625. The van der Waals surface area contributed by atoms with Gasteiger partial charge in [0.25, 0.3) is 5.91 Å². The molecule has 0 unspecified atom stereocenters. The van der Waals surface area contributed by atoms with Gasteiger partial charge >= 0.3 is 6.18 Å². The molecule has 2 heterocycles. The smallest absolute Gasteiger partial charge is 0.334 e. The van der Waals surface area contributed by atoms with Gasteiger partial charge in [-0.1, -0.05) is 6.92 Å². The van der Waals surface area contributed by atoms with Gasteiger partial charge in [-0.25, -0.2) is 8.42 Å². The zero-order valence-corrected chi connectivity index (χ0v) is 22.8. The van der Waals surface area contributed by atoms with E-state index in [1.807, 2.05) is 6.92 Å². The highest BCUT2D eigenvalue weighted by Crippen LogP contribution is 2.38. The molecule has 0 aliphatic carbocycles. The van der Waals surface area contributed by atoms with E-state index in [0.717, 1.165) is 30.0 Å². The minimum atomic E-state index is -4.74. The number of carbonyl (C=O) groups is 1. The first-order valence-corrected chi connectivity index (χ1v) is 14.2. The molecule has 13 heteroatoms. The van der Waals surface area contributed by atoms with Crippen molar-refractivity contribution in [1.29, 1.82) is 5.26 Å². The van der Waals surface area contributed by atoms with Crippen molar-refractivity contribution in [3.05, 3.63) is 29.3 Å². The number of alkyl halides is 3. The number of benzene rings is 1. The monoisotopic (exact) mass is 559 g/mol. The van der Waals surface area contributed by atoms with Crippen LogP contribution >= 0.6 is 12.2 Å². The van der Waals surface area contributed by atoms with Crippen molar-refractivity contribution in [3.63, 3.8) is 0 Å². The van der Waals surface area contributed by atoms with Crippen LogP contribution in [0, 0.1) is 11.3 Å². The second-order valence-corrected chi connectivity index (χ2v) is 12.2. The van der Waals surface area contributed by atoms with Crippen molar-refractivity contribution in [1.82, 2.24) is 14.1 Å². The van der Waals surface area contributed by atoms with E-state index < -0.39 is 38.8 Å². The molecule has 0 bridgehead atoms. The second-order valence-electron chi connectivity index (χ2n) is 9.74. The Balaban J connectivity index is 1.60. The third kappa shape index (κ3) is 6.25. The summed E-state index contributed by atoms with van der Waals surface area (Å²) in [5.74, 6) is -0.270. The predicted octanol–water partition coefficient (Wildman–Crippen LogP) is 3.43. The van der Waals surface area contributed by atoms with Gasteiger partial charge in [0.05, 0.1) is 28.6 Å². The molecule has 0 aromatic heterocycles. The topological polar surface area (TPSA) is 88.0 Å². The van der Waals surface area contributed by atoms with Crippen LogP contribution in [0.1, 0.15) is 51.2 Å². The SMILES string of the molecule is CCCS(=O)(=O)N1CCN(CCCCN2C(=S)N(c3ccc(C#N)c(C(F)(F)F)c3)C(=O)C2(C)C)CC1. The number of hydrogen-bond acceptors (Lipinski definition) is 6. The van der Waals surface area contributed by atoms with Crippen LogP contribution in [0.25, 0.3) is 0 Å². The van der Waals surface area contributed by atoms with Gasteiger partial charge in [0.1, 0.15) is 5.54 Å². The van der Waals surface area contributed by atoms with Crippen LogP contribution < -0.4 is 4.90 Å². The normalized spacial score (nSPS) is 19.5. The largest absolute Gasteiger partial charge is 0.417 e. The highest BCUT2D eigenvalue weighted by molar-refractivity contribution is 7.89. The Kier molecular flexibility index (Phi) is 8.89. The second kappa shape index (κ2) is 11.2. The first-order chi connectivity index (χ1) is 17.2. The Morgan fingerprint density at radius 1 is 1.11 bits per heavy atom. The summed E-state index contributed by atoms with van der Waals surface area (Å²) in [6, 6.07) is 4.69. The number of thiocarbonyl (C=S) groups is 1. The van der Waals surface area contributed by atoms with E-state index in [0.29, 0.717) is 45.6 Å². The molecule has 2 aliphatic rings.